The van der Waals surface area contributed by atoms with Crippen molar-refractivity contribution in [2.24, 2.45) is 46.3 Å². The Hall–Kier alpha value is -1.32. The van der Waals surface area contributed by atoms with Gasteiger partial charge >= 0.3 is 11.9 Å². The van der Waals surface area contributed by atoms with Gasteiger partial charge in [0, 0.05) is 13.8 Å². The Morgan fingerprint density at radius 2 is 1.66 bits per heavy atom. The maximum Gasteiger partial charge on any atom is 0.303 e. The lowest BCUT2D eigenvalue weighted by molar-refractivity contribution is -0.155. The number of carbonyl (C=O) groups is 2. The van der Waals surface area contributed by atoms with Gasteiger partial charge in [-0.25, -0.2) is 0 Å². The van der Waals surface area contributed by atoms with Gasteiger partial charge in [-0.1, -0.05) is 53.9 Å². The maximum absolute atomic E-state index is 12.2. The molecule has 5 unspecified atom stereocenters. The number of rotatable bonds is 7. The molecule has 9 atom stereocenters. The van der Waals surface area contributed by atoms with Crippen molar-refractivity contribution in [2.75, 3.05) is 0 Å². The van der Waals surface area contributed by atoms with E-state index in [0.29, 0.717) is 17.3 Å². The van der Waals surface area contributed by atoms with E-state index in [1.807, 2.05) is 0 Å². The molecule has 0 aromatic carbocycles. The average molecular weight is 487 g/mol. The Morgan fingerprint density at radius 3 is 2.31 bits per heavy atom. The first kappa shape index (κ1) is 26.7. The Kier molecular flexibility index (Phi) is 7.80. The predicted molar refractivity (Wildman–Crippen MR) is 140 cm³/mol. The maximum atomic E-state index is 12.2. The van der Waals surface area contributed by atoms with Crippen LogP contribution in [-0.4, -0.2) is 24.1 Å². The van der Waals surface area contributed by atoms with Gasteiger partial charge in [-0.3, -0.25) is 9.59 Å². The van der Waals surface area contributed by atoms with Crippen molar-refractivity contribution in [3.8, 4) is 0 Å². The zero-order valence-electron chi connectivity index (χ0n) is 23.4. The molecule has 0 aromatic heterocycles. The smallest absolute Gasteiger partial charge is 0.303 e. The molecule has 4 aliphatic rings. The van der Waals surface area contributed by atoms with Crippen molar-refractivity contribution in [2.45, 2.75) is 125 Å². The third-order valence-corrected chi connectivity index (χ3v) is 10.9. The lowest BCUT2D eigenvalue weighted by Crippen LogP contribution is -2.55. The van der Waals surface area contributed by atoms with Crippen LogP contribution in [0.4, 0.5) is 0 Å². The lowest BCUT2D eigenvalue weighted by atomic mass is 9.46. The van der Waals surface area contributed by atoms with Gasteiger partial charge in [0.15, 0.2) is 0 Å². The van der Waals surface area contributed by atoms with E-state index < -0.39 is 0 Å². The van der Waals surface area contributed by atoms with Crippen LogP contribution in [-0.2, 0) is 19.1 Å². The molecule has 4 nitrogen and oxygen atoms in total. The summed E-state index contributed by atoms with van der Waals surface area (Å²) in [7, 11) is 0. The van der Waals surface area contributed by atoms with E-state index in [0.717, 1.165) is 42.9 Å². The van der Waals surface area contributed by atoms with Crippen LogP contribution in [0.25, 0.3) is 0 Å². The first-order valence-corrected chi connectivity index (χ1v) is 14.5. The standard InChI is InChI=1S/C31H50O4/c1-19(2)9-8-10-20(3)25-11-12-26-24-18-29(35-22(5)33)28-17-23(34-21(4)32)13-15-31(28,7)27(24)14-16-30(25,26)6/h17,19-20,23-27,29H,8-16,18H2,1-7H3/t20?,23?,24?,25-,26?,27?,29-,30-,31-/m0/s1. The second-order valence-electron chi connectivity index (χ2n) is 13.5. The van der Waals surface area contributed by atoms with Crippen molar-refractivity contribution in [3.63, 3.8) is 0 Å². The summed E-state index contributed by atoms with van der Waals surface area (Å²) in [6, 6.07) is 0. The average Bonchev–Trinajstić information content (AvgIpc) is 3.11. The molecule has 0 aliphatic heterocycles. The normalized spacial score (nSPS) is 41.3. The van der Waals surface area contributed by atoms with Crippen LogP contribution in [0.1, 0.15) is 113 Å². The Bertz CT molecular complexity index is 830. The van der Waals surface area contributed by atoms with E-state index in [2.05, 4.69) is 40.7 Å². The molecule has 0 bridgehead atoms. The molecule has 0 heterocycles. The summed E-state index contributed by atoms with van der Waals surface area (Å²) in [6.07, 6.45) is 13.9. The number of hydrogen-bond donors (Lipinski definition) is 0. The number of carbonyl (C=O) groups excluding carboxylic acids is 2. The Morgan fingerprint density at radius 1 is 0.943 bits per heavy atom. The summed E-state index contributed by atoms with van der Waals surface area (Å²) in [5.41, 5.74) is 1.67. The minimum Gasteiger partial charge on any atom is -0.458 e. The van der Waals surface area contributed by atoms with Crippen LogP contribution in [0.3, 0.4) is 0 Å². The van der Waals surface area contributed by atoms with Gasteiger partial charge in [-0.2, -0.15) is 0 Å². The van der Waals surface area contributed by atoms with Crippen LogP contribution >= 0.6 is 0 Å². The van der Waals surface area contributed by atoms with Crippen molar-refractivity contribution in [3.05, 3.63) is 11.6 Å². The molecule has 0 amide bonds. The molecule has 4 heteroatoms. The molecule has 0 aromatic rings. The fraction of sp³-hybridized carbons (Fsp3) is 0.871. The van der Waals surface area contributed by atoms with E-state index >= 15 is 0 Å². The monoisotopic (exact) mass is 486 g/mol. The van der Waals surface area contributed by atoms with Gasteiger partial charge in [0.25, 0.3) is 0 Å². The first-order valence-electron chi connectivity index (χ1n) is 14.5. The summed E-state index contributed by atoms with van der Waals surface area (Å²) in [6.45, 7) is 15.2. The fourth-order valence-electron chi connectivity index (χ4n) is 9.36. The van der Waals surface area contributed by atoms with Crippen LogP contribution in [0, 0.1) is 46.3 Å². The number of hydrogen-bond acceptors (Lipinski definition) is 4. The number of fused-ring (bicyclic) bond motifs is 5. The van der Waals surface area contributed by atoms with Gasteiger partial charge in [-0.15, -0.1) is 0 Å². The SMILES string of the molecule is CC(=O)OC1C=C2[C@@H](OC(C)=O)CC3C(CC[C@]4(C)C3CC[C@H]4C(C)CCCC(C)C)[C@]2(C)CC1. The highest BCUT2D eigenvalue weighted by molar-refractivity contribution is 5.67. The second-order valence-corrected chi connectivity index (χ2v) is 13.5. The summed E-state index contributed by atoms with van der Waals surface area (Å²) in [5, 5.41) is 0. The molecule has 35 heavy (non-hydrogen) atoms. The molecule has 3 fully saturated rings. The van der Waals surface area contributed by atoms with E-state index in [1.54, 1.807) is 0 Å². The molecule has 4 aliphatic carbocycles. The largest absolute Gasteiger partial charge is 0.458 e. The van der Waals surface area contributed by atoms with Crippen LogP contribution < -0.4 is 0 Å². The molecule has 0 radical (unpaired) electrons. The molecular weight excluding hydrogens is 436 g/mol. The minimum atomic E-state index is -0.235. The third-order valence-electron chi connectivity index (χ3n) is 10.9. The molecule has 0 saturated heterocycles. The fourth-order valence-corrected chi connectivity index (χ4v) is 9.36. The third kappa shape index (κ3) is 5.10. The van der Waals surface area contributed by atoms with Gasteiger partial charge in [-0.05, 0) is 103 Å². The summed E-state index contributed by atoms with van der Waals surface area (Å²) < 4.78 is 11.6. The topological polar surface area (TPSA) is 52.6 Å². The molecule has 0 spiro atoms. The highest BCUT2D eigenvalue weighted by Crippen LogP contribution is 2.68. The molecule has 4 rings (SSSR count). The highest BCUT2D eigenvalue weighted by Gasteiger charge is 2.61. The predicted octanol–water partition coefficient (Wildman–Crippen LogP) is 7.50. The molecule has 0 N–H and O–H groups in total. The van der Waals surface area contributed by atoms with E-state index in [-0.39, 0.29) is 29.6 Å². The van der Waals surface area contributed by atoms with Crippen molar-refractivity contribution in [1.82, 2.24) is 0 Å². The summed E-state index contributed by atoms with van der Waals surface area (Å²) >= 11 is 0. The Balaban J connectivity index is 1.58. The van der Waals surface area contributed by atoms with Gasteiger partial charge in [0.2, 0.25) is 0 Å². The van der Waals surface area contributed by atoms with Crippen molar-refractivity contribution < 1.29 is 19.1 Å². The van der Waals surface area contributed by atoms with E-state index in [4.69, 9.17) is 9.47 Å². The minimum absolute atomic E-state index is 0.0297. The number of esters is 2. The van der Waals surface area contributed by atoms with Gasteiger partial charge < -0.3 is 9.47 Å². The lowest BCUT2D eigenvalue weighted by Gasteiger charge is -2.60. The zero-order chi connectivity index (χ0) is 25.5. The molecular formula is C31H50O4. The second kappa shape index (κ2) is 10.2. The van der Waals surface area contributed by atoms with E-state index in [1.165, 1.54) is 64.4 Å². The zero-order valence-corrected chi connectivity index (χ0v) is 23.4. The summed E-state index contributed by atoms with van der Waals surface area (Å²) in [5.74, 6) is 3.93. The van der Waals surface area contributed by atoms with E-state index in [9.17, 15) is 9.59 Å². The Labute approximate surface area is 214 Å². The van der Waals surface area contributed by atoms with Crippen LogP contribution in [0.15, 0.2) is 11.6 Å². The van der Waals surface area contributed by atoms with Crippen LogP contribution in [0.2, 0.25) is 0 Å². The van der Waals surface area contributed by atoms with Crippen LogP contribution in [0.5, 0.6) is 0 Å². The van der Waals surface area contributed by atoms with Gasteiger partial charge in [0.05, 0.1) is 0 Å². The van der Waals surface area contributed by atoms with Crippen molar-refractivity contribution >= 4 is 11.9 Å². The number of ether oxygens (including phenoxy) is 2. The first-order chi connectivity index (χ1) is 16.5. The molecule has 198 valence electrons. The van der Waals surface area contributed by atoms with Gasteiger partial charge in [0.1, 0.15) is 12.2 Å². The molecule has 3 saturated carbocycles. The quantitative estimate of drug-likeness (QED) is 0.276. The van der Waals surface area contributed by atoms with Crippen molar-refractivity contribution in [1.29, 1.82) is 0 Å². The highest BCUT2D eigenvalue weighted by atomic mass is 16.5. The summed E-state index contributed by atoms with van der Waals surface area (Å²) in [4.78, 5) is 23.8.